The fourth-order valence-electron chi connectivity index (χ4n) is 1.26. The van der Waals surface area contributed by atoms with Crippen LogP contribution in [-0.2, 0) is 0 Å². The van der Waals surface area contributed by atoms with Gasteiger partial charge in [-0.05, 0) is 12.1 Å². The molecule has 0 saturated carbocycles. The van der Waals surface area contributed by atoms with Crippen LogP contribution < -0.4 is 5.43 Å². The first-order valence-corrected chi connectivity index (χ1v) is 4.64. The number of hydrogen-bond donors (Lipinski definition) is 1. The SMILES string of the molecule is C1=CC(/C=N/Nc2ccccc2)C=C1. The smallest absolute Gasteiger partial charge is 0.0561 e. The fraction of sp³-hybridized carbons (Fsp3) is 0.0833. The quantitative estimate of drug-likeness (QED) is 0.567. The monoisotopic (exact) mass is 184 g/mol. The van der Waals surface area contributed by atoms with Crippen molar-refractivity contribution in [3.8, 4) is 0 Å². The number of hydrogen-bond acceptors (Lipinski definition) is 2. The fourth-order valence-corrected chi connectivity index (χ4v) is 1.26. The second kappa shape index (κ2) is 4.42. The minimum absolute atomic E-state index is 0.339. The van der Waals surface area contributed by atoms with E-state index in [0.29, 0.717) is 5.92 Å². The van der Waals surface area contributed by atoms with Gasteiger partial charge in [0.2, 0.25) is 0 Å². The zero-order chi connectivity index (χ0) is 9.64. The maximum absolute atomic E-state index is 4.15. The van der Waals surface area contributed by atoms with Crippen LogP contribution in [0.15, 0.2) is 59.7 Å². The Morgan fingerprint density at radius 2 is 1.79 bits per heavy atom. The molecule has 1 aliphatic rings. The zero-order valence-electron chi connectivity index (χ0n) is 7.80. The van der Waals surface area contributed by atoms with Gasteiger partial charge >= 0.3 is 0 Å². The summed E-state index contributed by atoms with van der Waals surface area (Å²) in [7, 11) is 0. The average molecular weight is 184 g/mol. The highest BCUT2D eigenvalue weighted by atomic mass is 15.3. The van der Waals surface area contributed by atoms with Gasteiger partial charge in [-0.15, -0.1) is 0 Å². The van der Waals surface area contributed by atoms with Crippen molar-refractivity contribution in [3.63, 3.8) is 0 Å². The van der Waals surface area contributed by atoms with Crippen molar-refractivity contribution in [2.24, 2.45) is 11.0 Å². The predicted octanol–water partition coefficient (Wildman–Crippen LogP) is 2.83. The molecular weight excluding hydrogens is 172 g/mol. The molecule has 1 N–H and O–H groups in total. The minimum Gasteiger partial charge on any atom is -0.279 e. The third kappa shape index (κ3) is 2.33. The molecule has 0 heterocycles. The van der Waals surface area contributed by atoms with Gasteiger partial charge in [0.15, 0.2) is 0 Å². The van der Waals surface area contributed by atoms with E-state index < -0.39 is 0 Å². The summed E-state index contributed by atoms with van der Waals surface area (Å²) in [5, 5.41) is 4.15. The van der Waals surface area contributed by atoms with Gasteiger partial charge in [0.1, 0.15) is 0 Å². The largest absolute Gasteiger partial charge is 0.279 e. The molecule has 2 rings (SSSR count). The number of rotatable bonds is 3. The molecule has 2 nitrogen and oxygen atoms in total. The first-order chi connectivity index (χ1) is 6.95. The summed E-state index contributed by atoms with van der Waals surface area (Å²) in [4.78, 5) is 0. The van der Waals surface area contributed by atoms with Crippen molar-refractivity contribution in [2.45, 2.75) is 0 Å². The molecule has 1 aromatic carbocycles. The van der Waals surface area contributed by atoms with Crippen LogP contribution in [0.2, 0.25) is 0 Å². The molecule has 0 bridgehead atoms. The molecule has 0 aromatic heterocycles. The molecule has 1 aliphatic carbocycles. The lowest BCUT2D eigenvalue weighted by atomic mass is 10.2. The van der Waals surface area contributed by atoms with Gasteiger partial charge in [-0.3, -0.25) is 5.43 Å². The Morgan fingerprint density at radius 1 is 1.07 bits per heavy atom. The van der Waals surface area contributed by atoms with E-state index >= 15 is 0 Å². The zero-order valence-corrected chi connectivity index (χ0v) is 7.80. The second-order valence-corrected chi connectivity index (χ2v) is 3.10. The molecule has 2 heteroatoms. The summed E-state index contributed by atoms with van der Waals surface area (Å²) in [5.74, 6) is 0.339. The second-order valence-electron chi connectivity index (χ2n) is 3.10. The maximum Gasteiger partial charge on any atom is 0.0561 e. The number of nitrogens with one attached hydrogen (secondary N) is 1. The lowest BCUT2D eigenvalue weighted by molar-refractivity contribution is 1.17. The topological polar surface area (TPSA) is 24.4 Å². The molecule has 0 atom stereocenters. The number of para-hydroxylation sites is 1. The Hall–Kier alpha value is -1.83. The van der Waals surface area contributed by atoms with Gasteiger partial charge in [-0.1, -0.05) is 42.5 Å². The number of benzene rings is 1. The van der Waals surface area contributed by atoms with Gasteiger partial charge in [0.25, 0.3) is 0 Å². The van der Waals surface area contributed by atoms with E-state index in [1.807, 2.05) is 48.7 Å². The Labute approximate surface area is 83.7 Å². The average Bonchev–Trinajstić information content (AvgIpc) is 2.72. The molecule has 0 saturated heterocycles. The van der Waals surface area contributed by atoms with E-state index in [4.69, 9.17) is 0 Å². The van der Waals surface area contributed by atoms with Crippen molar-refractivity contribution in [1.29, 1.82) is 0 Å². The van der Waals surface area contributed by atoms with Crippen molar-refractivity contribution in [3.05, 3.63) is 54.6 Å². The van der Waals surface area contributed by atoms with E-state index in [1.165, 1.54) is 0 Å². The van der Waals surface area contributed by atoms with E-state index in [1.54, 1.807) is 0 Å². The number of allylic oxidation sites excluding steroid dienone is 4. The molecule has 14 heavy (non-hydrogen) atoms. The highest BCUT2D eigenvalue weighted by Gasteiger charge is 1.97. The summed E-state index contributed by atoms with van der Waals surface area (Å²) in [5.41, 5.74) is 3.98. The van der Waals surface area contributed by atoms with Crippen molar-refractivity contribution < 1.29 is 0 Å². The van der Waals surface area contributed by atoms with Gasteiger partial charge in [-0.25, -0.2) is 0 Å². The molecule has 0 radical (unpaired) electrons. The molecule has 1 aromatic rings. The molecule has 0 spiro atoms. The molecule has 0 fully saturated rings. The summed E-state index contributed by atoms with van der Waals surface area (Å²) in [6, 6.07) is 9.91. The number of hydrazone groups is 1. The predicted molar refractivity (Wildman–Crippen MR) is 60.3 cm³/mol. The van der Waals surface area contributed by atoms with Crippen LogP contribution in [0.4, 0.5) is 5.69 Å². The van der Waals surface area contributed by atoms with Gasteiger partial charge in [-0.2, -0.15) is 5.10 Å². The standard InChI is InChI=1S/C12H12N2/c1-2-8-12(9-3-1)14-13-10-11-6-4-5-7-11/h1-11,14H/b13-10+. The van der Waals surface area contributed by atoms with E-state index in [0.717, 1.165) is 5.69 Å². The van der Waals surface area contributed by atoms with Gasteiger partial charge < -0.3 is 0 Å². The van der Waals surface area contributed by atoms with Crippen LogP contribution in [0.25, 0.3) is 0 Å². The first-order valence-electron chi connectivity index (χ1n) is 4.64. The van der Waals surface area contributed by atoms with Crippen molar-refractivity contribution in [2.75, 3.05) is 5.43 Å². The van der Waals surface area contributed by atoms with Crippen LogP contribution in [0.1, 0.15) is 0 Å². The van der Waals surface area contributed by atoms with E-state index in [-0.39, 0.29) is 0 Å². The molecule has 0 aliphatic heterocycles. The molecule has 0 amide bonds. The normalized spacial score (nSPS) is 15.4. The van der Waals surface area contributed by atoms with E-state index in [9.17, 15) is 0 Å². The maximum atomic E-state index is 4.15. The third-order valence-corrected chi connectivity index (χ3v) is 1.99. The summed E-state index contributed by atoms with van der Waals surface area (Å²) in [6.45, 7) is 0. The lowest BCUT2D eigenvalue weighted by Gasteiger charge is -1.99. The number of nitrogens with zero attached hydrogens (tertiary/aromatic N) is 1. The number of anilines is 1. The van der Waals surface area contributed by atoms with E-state index in [2.05, 4.69) is 22.7 Å². The van der Waals surface area contributed by atoms with Crippen LogP contribution in [-0.4, -0.2) is 6.21 Å². The summed E-state index contributed by atoms with van der Waals surface area (Å²) < 4.78 is 0. The lowest BCUT2D eigenvalue weighted by Crippen LogP contribution is -1.94. The third-order valence-electron chi connectivity index (χ3n) is 1.99. The highest BCUT2D eigenvalue weighted by Crippen LogP contribution is 2.07. The molecular formula is C12H12N2. The van der Waals surface area contributed by atoms with Crippen LogP contribution in [0, 0.1) is 5.92 Å². The Bertz CT molecular complexity index is 351. The molecule has 70 valence electrons. The Morgan fingerprint density at radius 3 is 2.50 bits per heavy atom. The van der Waals surface area contributed by atoms with Gasteiger partial charge in [0, 0.05) is 12.1 Å². The first kappa shape index (κ1) is 8.75. The minimum atomic E-state index is 0.339. The summed E-state index contributed by atoms with van der Waals surface area (Å²) >= 11 is 0. The van der Waals surface area contributed by atoms with Crippen molar-refractivity contribution in [1.82, 2.24) is 0 Å². The Balaban J connectivity index is 1.88. The Kier molecular flexibility index (Phi) is 2.76. The summed E-state index contributed by atoms with van der Waals surface area (Å²) in [6.07, 6.45) is 10.1. The van der Waals surface area contributed by atoms with Gasteiger partial charge in [0.05, 0.1) is 5.69 Å². The van der Waals surface area contributed by atoms with Crippen LogP contribution >= 0.6 is 0 Å². The van der Waals surface area contributed by atoms with Crippen molar-refractivity contribution >= 4 is 11.9 Å². The van der Waals surface area contributed by atoms with Crippen LogP contribution in [0.5, 0.6) is 0 Å². The molecule has 0 unspecified atom stereocenters. The van der Waals surface area contributed by atoms with Crippen LogP contribution in [0.3, 0.4) is 0 Å². The highest BCUT2D eigenvalue weighted by molar-refractivity contribution is 5.68.